The van der Waals surface area contributed by atoms with E-state index in [0.29, 0.717) is 0 Å². The van der Waals surface area contributed by atoms with Crippen LogP contribution >= 0.6 is 0 Å². The number of hydrogen-bond donors (Lipinski definition) is 1. The fraction of sp³-hybridized carbons (Fsp3) is 0.538. The average Bonchev–Trinajstić information content (AvgIpc) is 3.70. The predicted molar refractivity (Wildman–Crippen MR) is 124 cm³/mol. The average molecular weight is 417 g/mol. The molecule has 0 spiro atoms. The first-order valence-electron chi connectivity index (χ1n) is 12.1. The topological polar surface area (TPSA) is 53.9 Å². The molecule has 2 fully saturated rings. The molecule has 3 aliphatic rings. The Morgan fingerprint density at radius 2 is 1.77 bits per heavy atom. The van der Waals surface area contributed by atoms with Crippen LogP contribution in [0.2, 0.25) is 0 Å². The van der Waals surface area contributed by atoms with Gasteiger partial charge in [-0.3, -0.25) is 14.4 Å². The van der Waals surface area contributed by atoms with Gasteiger partial charge in [-0.05, 0) is 80.4 Å². The fourth-order valence-electron chi connectivity index (χ4n) is 5.38. The summed E-state index contributed by atoms with van der Waals surface area (Å²) in [6, 6.07) is 8.95. The van der Waals surface area contributed by atoms with Crippen LogP contribution in [0.4, 0.5) is 0 Å². The summed E-state index contributed by atoms with van der Waals surface area (Å²) in [5, 5.41) is 6.03. The molecule has 0 bridgehead atoms. The van der Waals surface area contributed by atoms with E-state index < -0.39 is 0 Å². The molecule has 2 saturated carbocycles. The maximum atomic E-state index is 12.6. The SMILES string of the molecule is Cn1nc(-c2cccc(CN(CC3CC3)CC3CC3)c2)c2c3c(c(=O)[nH]c21)CCCC3. The molecule has 2 aromatic heterocycles. The molecule has 31 heavy (non-hydrogen) atoms. The van der Waals surface area contributed by atoms with Crippen molar-refractivity contribution in [3.05, 3.63) is 51.3 Å². The second kappa shape index (κ2) is 7.63. The van der Waals surface area contributed by atoms with Gasteiger partial charge >= 0.3 is 0 Å². The lowest BCUT2D eigenvalue weighted by Crippen LogP contribution is -2.27. The molecule has 0 unspecified atom stereocenters. The highest BCUT2D eigenvalue weighted by Crippen LogP contribution is 2.36. The second-order valence-electron chi connectivity index (χ2n) is 10.1. The summed E-state index contributed by atoms with van der Waals surface area (Å²) in [7, 11) is 1.94. The number of aromatic nitrogens is 3. The van der Waals surface area contributed by atoms with Gasteiger partial charge in [-0.1, -0.05) is 18.2 Å². The first-order valence-corrected chi connectivity index (χ1v) is 12.1. The molecule has 6 rings (SSSR count). The van der Waals surface area contributed by atoms with E-state index >= 15 is 0 Å². The van der Waals surface area contributed by atoms with Gasteiger partial charge in [-0.2, -0.15) is 5.10 Å². The Kier molecular flexibility index (Phi) is 4.75. The summed E-state index contributed by atoms with van der Waals surface area (Å²) >= 11 is 0. The number of aryl methyl sites for hydroxylation is 2. The van der Waals surface area contributed by atoms with Crippen LogP contribution in [0.3, 0.4) is 0 Å². The van der Waals surface area contributed by atoms with E-state index in [-0.39, 0.29) is 5.56 Å². The van der Waals surface area contributed by atoms with Crippen molar-refractivity contribution in [3.63, 3.8) is 0 Å². The minimum absolute atomic E-state index is 0.0706. The molecule has 0 atom stereocenters. The summed E-state index contributed by atoms with van der Waals surface area (Å²) < 4.78 is 1.85. The van der Waals surface area contributed by atoms with Crippen molar-refractivity contribution in [1.29, 1.82) is 0 Å². The van der Waals surface area contributed by atoms with Gasteiger partial charge in [-0.15, -0.1) is 0 Å². The van der Waals surface area contributed by atoms with E-state index in [9.17, 15) is 4.79 Å². The number of hydrogen-bond acceptors (Lipinski definition) is 3. The predicted octanol–water partition coefficient (Wildman–Crippen LogP) is 4.43. The molecular weight excluding hydrogens is 384 g/mol. The third-order valence-corrected chi connectivity index (χ3v) is 7.36. The molecule has 0 radical (unpaired) electrons. The molecule has 2 heterocycles. The highest BCUT2D eigenvalue weighted by molar-refractivity contribution is 5.94. The third kappa shape index (κ3) is 3.84. The molecule has 5 nitrogen and oxygen atoms in total. The Bertz CT molecular complexity index is 1170. The highest BCUT2D eigenvalue weighted by atomic mass is 16.1. The molecule has 3 aromatic rings. The van der Waals surface area contributed by atoms with Gasteiger partial charge in [0.05, 0.1) is 0 Å². The summed E-state index contributed by atoms with van der Waals surface area (Å²) in [5.41, 5.74) is 6.68. The Labute approximate surface area is 183 Å². The Morgan fingerprint density at radius 1 is 1.06 bits per heavy atom. The van der Waals surface area contributed by atoms with Gasteiger partial charge in [0.15, 0.2) is 0 Å². The minimum Gasteiger partial charge on any atom is -0.307 e. The molecule has 162 valence electrons. The van der Waals surface area contributed by atoms with E-state index in [1.807, 2.05) is 11.7 Å². The van der Waals surface area contributed by atoms with Gasteiger partial charge in [0, 0.05) is 43.2 Å². The zero-order valence-electron chi connectivity index (χ0n) is 18.5. The van der Waals surface area contributed by atoms with Crippen LogP contribution in [0, 0.1) is 11.8 Å². The monoisotopic (exact) mass is 416 g/mol. The summed E-state index contributed by atoms with van der Waals surface area (Å²) in [6.45, 7) is 3.53. The number of benzene rings is 1. The third-order valence-electron chi connectivity index (χ3n) is 7.36. The van der Waals surface area contributed by atoms with Gasteiger partial charge in [0.1, 0.15) is 11.3 Å². The van der Waals surface area contributed by atoms with Gasteiger partial charge < -0.3 is 4.98 Å². The molecule has 3 aliphatic carbocycles. The molecular formula is C26H32N4O. The van der Waals surface area contributed by atoms with Crippen LogP contribution in [0.15, 0.2) is 29.1 Å². The van der Waals surface area contributed by atoms with Crippen molar-refractivity contribution in [3.8, 4) is 11.3 Å². The Balaban J connectivity index is 1.37. The van der Waals surface area contributed by atoms with Crippen LogP contribution in [-0.4, -0.2) is 32.8 Å². The Hall–Kier alpha value is -2.40. The van der Waals surface area contributed by atoms with E-state index in [0.717, 1.165) is 66.4 Å². The summed E-state index contributed by atoms with van der Waals surface area (Å²) in [5.74, 6) is 1.84. The van der Waals surface area contributed by atoms with E-state index in [1.54, 1.807) is 0 Å². The highest BCUT2D eigenvalue weighted by Gasteiger charge is 2.29. The smallest absolute Gasteiger partial charge is 0.253 e. The van der Waals surface area contributed by atoms with Gasteiger partial charge in [-0.25, -0.2) is 0 Å². The molecule has 1 N–H and O–H groups in total. The zero-order chi connectivity index (χ0) is 20.9. The van der Waals surface area contributed by atoms with Crippen LogP contribution in [0.5, 0.6) is 0 Å². The van der Waals surface area contributed by atoms with Crippen molar-refractivity contribution >= 4 is 11.0 Å². The van der Waals surface area contributed by atoms with Crippen LogP contribution in [0.25, 0.3) is 22.3 Å². The van der Waals surface area contributed by atoms with Crippen molar-refractivity contribution in [2.75, 3.05) is 13.1 Å². The van der Waals surface area contributed by atoms with Crippen LogP contribution in [0.1, 0.15) is 55.2 Å². The van der Waals surface area contributed by atoms with E-state index in [1.165, 1.54) is 55.5 Å². The first kappa shape index (κ1) is 19.3. The molecule has 1 aromatic carbocycles. The van der Waals surface area contributed by atoms with Crippen molar-refractivity contribution < 1.29 is 0 Å². The lowest BCUT2D eigenvalue weighted by atomic mass is 9.89. The lowest BCUT2D eigenvalue weighted by Gasteiger charge is -2.22. The molecule has 0 amide bonds. The quantitative estimate of drug-likeness (QED) is 0.620. The van der Waals surface area contributed by atoms with Crippen LogP contribution in [-0.2, 0) is 26.4 Å². The standard InChI is InChI=1S/C26H32N4O/c1-29-25-23(21-7-2-3-8-22(21)26(31)27-25)24(28-29)20-6-4-5-19(13-20)16-30(14-17-9-10-17)15-18-11-12-18/h4-6,13,17-18H,2-3,7-12,14-16H2,1H3,(H,27,31). The fourth-order valence-corrected chi connectivity index (χ4v) is 5.38. The number of pyridine rings is 1. The largest absolute Gasteiger partial charge is 0.307 e. The number of fused-ring (bicyclic) bond motifs is 3. The van der Waals surface area contributed by atoms with Crippen LogP contribution < -0.4 is 5.56 Å². The van der Waals surface area contributed by atoms with Crippen molar-refractivity contribution in [2.24, 2.45) is 18.9 Å². The Morgan fingerprint density at radius 3 is 2.48 bits per heavy atom. The lowest BCUT2D eigenvalue weighted by molar-refractivity contribution is 0.244. The molecule has 0 aliphatic heterocycles. The number of rotatable bonds is 7. The second-order valence-corrected chi connectivity index (χ2v) is 10.1. The number of H-pyrrole nitrogens is 1. The van der Waals surface area contributed by atoms with Crippen molar-refractivity contribution in [1.82, 2.24) is 19.7 Å². The summed E-state index contributed by atoms with van der Waals surface area (Å²) in [4.78, 5) is 18.4. The molecule has 0 saturated heterocycles. The first-order chi connectivity index (χ1) is 15.2. The minimum atomic E-state index is 0.0706. The zero-order valence-corrected chi connectivity index (χ0v) is 18.5. The number of nitrogens with zero attached hydrogens (tertiary/aromatic N) is 3. The van der Waals surface area contributed by atoms with E-state index in [4.69, 9.17) is 5.10 Å². The van der Waals surface area contributed by atoms with Gasteiger partial charge in [0.2, 0.25) is 0 Å². The van der Waals surface area contributed by atoms with Gasteiger partial charge in [0.25, 0.3) is 5.56 Å². The molecule has 5 heteroatoms. The number of aromatic amines is 1. The normalized spacial score (nSPS) is 18.6. The number of nitrogens with one attached hydrogen (secondary N) is 1. The maximum Gasteiger partial charge on any atom is 0.253 e. The maximum absolute atomic E-state index is 12.6. The van der Waals surface area contributed by atoms with E-state index in [2.05, 4.69) is 34.1 Å². The van der Waals surface area contributed by atoms with Crippen molar-refractivity contribution in [2.45, 2.75) is 57.9 Å². The summed E-state index contributed by atoms with van der Waals surface area (Å²) in [6.07, 6.45) is 9.74.